The third-order valence-electron chi connectivity index (χ3n) is 8.11. The lowest BCUT2D eigenvalue weighted by Gasteiger charge is -2.43. The van der Waals surface area contributed by atoms with Crippen LogP contribution >= 0.6 is 11.8 Å². The summed E-state index contributed by atoms with van der Waals surface area (Å²) >= 11 is 1.12. The average Bonchev–Trinajstić information content (AvgIpc) is 3.28. The van der Waals surface area contributed by atoms with Crippen molar-refractivity contribution in [3.63, 3.8) is 0 Å². The number of aliphatic hydroxyl groups is 2. The zero-order valence-corrected chi connectivity index (χ0v) is 25.6. The molecule has 3 heterocycles. The molecule has 5 rings (SSSR count). The van der Waals surface area contributed by atoms with Crippen LogP contribution in [0.3, 0.4) is 0 Å². The fraction of sp³-hybridized carbons (Fsp3) is 0.516. The Morgan fingerprint density at radius 3 is 2.57 bits per heavy atom. The molecule has 0 aromatic heterocycles. The Morgan fingerprint density at radius 1 is 1.16 bits per heavy atom. The van der Waals surface area contributed by atoms with Gasteiger partial charge in [-0.1, -0.05) is 47.7 Å². The molecule has 44 heavy (non-hydrogen) atoms. The molecule has 5 unspecified atom stereocenters. The van der Waals surface area contributed by atoms with E-state index >= 15 is 0 Å². The van der Waals surface area contributed by atoms with Gasteiger partial charge in [0.15, 0.2) is 11.7 Å². The molecule has 0 aliphatic carbocycles. The summed E-state index contributed by atoms with van der Waals surface area (Å²) in [6.07, 6.45) is -4.43. The molecule has 2 aromatic carbocycles. The number of aliphatic hydroxyl groups excluding tert-OH is 2. The molecular formula is C31H37F3N2O7S. The smallest absolute Gasteiger partial charge is 0.478 e. The Balaban J connectivity index is 1.42. The molecule has 2 aromatic rings. The van der Waals surface area contributed by atoms with E-state index in [2.05, 4.69) is 4.74 Å². The van der Waals surface area contributed by atoms with E-state index in [-0.39, 0.29) is 24.2 Å². The minimum absolute atomic E-state index is 0.0565. The van der Waals surface area contributed by atoms with Gasteiger partial charge in [-0.05, 0) is 57.2 Å². The largest absolute Gasteiger partial charge is 0.573 e. The molecule has 3 aliphatic rings. The molecule has 0 bridgehead atoms. The molecule has 1 saturated heterocycles. The van der Waals surface area contributed by atoms with Crippen LogP contribution in [0, 0.1) is 12.3 Å². The highest BCUT2D eigenvalue weighted by Gasteiger charge is 2.59. The molecule has 1 amide bonds. The summed E-state index contributed by atoms with van der Waals surface area (Å²) < 4.78 is 60.4. The zero-order chi connectivity index (χ0) is 31.6. The van der Waals surface area contributed by atoms with Gasteiger partial charge in [0, 0.05) is 26.3 Å². The van der Waals surface area contributed by atoms with Crippen LogP contribution in [0.1, 0.15) is 49.8 Å². The molecule has 0 saturated carbocycles. The van der Waals surface area contributed by atoms with Gasteiger partial charge in [0.2, 0.25) is 6.35 Å². The van der Waals surface area contributed by atoms with Crippen molar-refractivity contribution in [1.29, 1.82) is 0 Å². The first-order valence-electron chi connectivity index (χ1n) is 14.5. The highest BCUT2D eigenvalue weighted by Crippen LogP contribution is 2.59. The number of amides is 1. The summed E-state index contributed by atoms with van der Waals surface area (Å²) in [6, 6.07) is 12.3. The van der Waals surface area contributed by atoms with Gasteiger partial charge < -0.3 is 34.1 Å². The molecule has 240 valence electrons. The third kappa shape index (κ3) is 6.81. The monoisotopic (exact) mass is 638 g/mol. The molecule has 3 aliphatic heterocycles. The maximum atomic E-state index is 14.2. The number of hydrogen-bond donors (Lipinski definition) is 2. The van der Waals surface area contributed by atoms with Crippen LogP contribution in [0.15, 0.2) is 59.1 Å². The fourth-order valence-electron chi connectivity index (χ4n) is 5.66. The maximum Gasteiger partial charge on any atom is 0.573 e. The maximum absolute atomic E-state index is 14.2. The predicted octanol–water partition coefficient (Wildman–Crippen LogP) is 5.28. The number of ether oxygens (including phenoxy) is 4. The van der Waals surface area contributed by atoms with Crippen molar-refractivity contribution >= 4 is 17.7 Å². The zero-order valence-electron chi connectivity index (χ0n) is 24.8. The van der Waals surface area contributed by atoms with E-state index < -0.39 is 41.3 Å². The number of halogens is 3. The number of alkyl halides is 3. The van der Waals surface area contributed by atoms with Gasteiger partial charge in [0.25, 0.3) is 5.91 Å². The second-order valence-corrected chi connectivity index (χ2v) is 12.4. The van der Waals surface area contributed by atoms with Gasteiger partial charge in [0.05, 0.1) is 28.7 Å². The first-order valence-corrected chi connectivity index (χ1v) is 15.4. The summed E-state index contributed by atoms with van der Waals surface area (Å²) in [4.78, 5) is 17.0. The van der Waals surface area contributed by atoms with Crippen molar-refractivity contribution in [2.24, 2.45) is 5.41 Å². The summed E-state index contributed by atoms with van der Waals surface area (Å²) in [5, 5.41) is 23.5. The standard InChI is InChI=1S/C31H37F3N2O7S/c1-19-11-13-20(14-12-19)25(37)30(2)24-26(38)36(15-7-17-41-23-10-4-5-16-40-23)29(39)35(3)27(24)44-28(30)42-21-8-6-9-22(18-21)43-31(32,33)34/h6,8-9,11-14,18,23,25,28-29,37,39H,4-5,7,10,15-17H2,1-3H3. The van der Waals surface area contributed by atoms with Crippen LogP contribution in [-0.2, 0) is 14.3 Å². The number of rotatable bonds is 10. The van der Waals surface area contributed by atoms with Crippen molar-refractivity contribution < 1.29 is 47.1 Å². The van der Waals surface area contributed by atoms with Crippen LogP contribution in [0.4, 0.5) is 13.2 Å². The highest BCUT2D eigenvalue weighted by molar-refractivity contribution is 8.03. The van der Waals surface area contributed by atoms with E-state index in [4.69, 9.17) is 14.2 Å². The van der Waals surface area contributed by atoms with E-state index in [1.807, 2.05) is 19.1 Å². The summed E-state index contributed by atoms with van der Waals surface area (Å²) in [6.45, 7) is 4.76. The normalized spacial score (nSPS) is 26.5. The van der Waals surface area contributed by atoms with Crippen LogP contribution in [0.5, 0.6) is 11.5 Å². The quantitative estimate of drug-likeness (QED) is 0.337. The van der Waals surface area contributed by atoms with Crippen LogP contribution in [0.2, 0.25) is 0 Å². The highest BCUT2D eigenvalue weighted by atomic mass is 32.2. The average molecular weight is 639 g/mol. The van der Waals surface area contributed by atoms with Crippen molar-refractivity contribution in [3.05, 3.63) is 70.3 Å². The summed E-state index contributed by atoms with van der Waals surface area (Å²) in [7, 11) is 1.64. The van der Waals surface area contributed by atoms with Gasteiger partial charge in [-0.3, -0.25) is 9.69 Å². The molecule has 0 spiro atoms. The van der Waals surface area contributed by atoms with E-state index in [0.29, 0.717) is 30.2 Å². The summed E-state index contributed by atoms with van der Waals surface area (Å²) in [5.41, 5.74) is -0.594. The number of hydrogen-bond acceptors (Lipinski definition) is 9. The Bertz CT molecular complexity index is 1350. The van der Waals surface area contributed by atoms with Crippen molar-refractivity contribution in [2.75, 3.05) is 26.8 Å². The van der Waals surface area contributed by atoms with Gasteiger partial charge in [0.1, 0.15) is 11.5 Å². The molecule has 2 N–H and O–H groups in total. The number of aryl methyl sites for hydroxylation is 1. The van der Waals surface area contributed by atoms with Crippen molar-refractivity contribution in [3.8, 4) is 11.5 Å². The Hall–Kier alpha value is -2.97. The minimum Gasteiger partial charge on any atom is -0.478 e. The third-order valence-corrected chi connectivity index (χ3v) is 9.62. The summed E-state index contributed by atoms with van der Waals surface area (Å²) in [5.74, 6) is -0.880. The molecule has 0 radical (unpaired) electrons. The molecular weight excluding hydrogens is 601 g/mol. The lowest BCUT2D eigenvalue weighted by molar-refractivity contribution is -0.274. The van der Waals surface area contributed by atoms with Gasteiger partial charge in [-0.15, -0.1) is 13.2 Å². The lowest BCUT2D eigenvalue weighted by Crippen LogP contribution is -2.55. The Morgan fingerprint density at radius 2 is 1.89 bits per heavy atom. The minimum atomic E-state index is -4.89. The number of thioether (sulfide) groups is 1. The molecule has 13 heteroatoms. The molecule has 9 nitrogen and oxygen atoms in total. The van der Waals surface area contributed by atoms with E-state index in [1.165, 1.54) is 17.0 Å². The van der Waals surface area contributed by atoms with E-state index in [9.17, 15) is 28.2 Å². The number of benzene rings is 2. The Kier molecular flexibility index (Phi) is 9.71. The number of carbonyl (C=O) groups excluding carboxylic acids is 1. The van der Waals surface area contributed by atoms with E-state index in [0.717, 1.165) is 48.7 Å². The first kappa shape index (κ1) is 32.4. The number of nitrogens with zero attached hydrogens (tertiary/aromatic N) is 2. The van der Waals surface area contributed by atoms with E-state index in [1.54, 1.807) is 31.0 Å². The van der Waals surface area contributed by atoms with Crippen molar-refractivity contribution in [2.45, 2.75) is 70.1 Å². The second-order valence-electron chi connectivity index (χ2n) is 11.3. The Labute approximate surface area is 258 Å². The second kappa shape index (κ2) is 13.2. The van der Waals surface area contributed by atoms with Gasteiger partial charge in [-0.25, -0.2) is 0 Å². The molecule has 5 atom stereocenters. The number of carbonyl (C=O) groups is 1. The van der Waals surface area contributed by atoms with Crippen molar-refractivity contribution in [1.82, 2.24) is 9.80 Å². The van der Waals surface area contributed by atoms with Crippen LogP contribution in [0.25, 0.3) is 0 Å². The molecule has 1 fully saturated rings. The first-order chi connectivity index (χ1) is 20.9. The lowest BCUT2D eigenvalue weighted by atomic mass is 9.74. The fourth-order valence-corrected chi connectivity index (χ4v) is 7.20. The van der Waals surface area contributed by atoms with Crippen LogP contribution < -0.4 is 9.47 Å². The van der Waals surface area contributed by atoms with Crippen LogP contribution in [-0.4, -0.2) is 77.2 Å². The predicted molar refractivity (Wildman–Crippen MR) is 156 cm³/mol. The SMILES string of the molecule is Cc1ccc(C(O)C2(C)C3=C(SC2Oc2cccc(OC(F)(F)F)c2)N(C)C(O)N(CCCOC2CCCCO2)C3=O)cc1. The van der Waals surface area contributed by atoms with Gasteiger partial charge in [-0.2, -0.15) is 0 Å². The van der Waals surface area contributed by atoms with Gasteiger partial charge >= 0.3 is 6.36 Å². The topological polar surface area (TPSA) is 101 Å².